The lowest BCUT2D eigenvalue weighted by molar-refractivity contribution is -0.0207. The molecule has 2 fully saturated rings. The Morgan fingerprint density at radius 1 is 1.17 bits per heavy atom. The van der Waals surface area contributed by atoms with Crippen LogP contribution in [0.5, 0.6) is 0 Å². The van der Waals surface area contributed by atoms with Gasteiger partial charge >= 0.3 is 0 Å². The Kier molecular flexibility index (Phi) is 6.63. The van der Waals surface area contributed by atoms with Crippen LogP contribution in [-0.4, -0.2) is 48.4 Å². The highest BCUT2D eigenvalue weighted by molar-refractivity contribution is 7.90. The molecule has 7 heteroatoms. The average Bonchev–Trinajstić information content (AvgIpc) is 3.18. The third kappa shape index (κ3) is 4.96. The van der Waals surface area contributed by atoms with Gasteiger partial charge in [-0.05, 0) is 56.7 Å². The molecule has 0 spiro atoms. The van der Waals surface area contributed by atoms with Gasteiger partial charge in [-0.2, -0.15) is 0 Å². The predicted octanol–water partition coefficient (Wildman–Crippen LogP) is 4.37. The lowest BCUT2D eigenvalue weighted by Crippen LogP contribution is -2.49. The van der Waals surface area contributed by atoms with E-state index in [1.807, 2.05) is 12.1 Å². The summed E-state index contributed by atoms with van der Waals surface area (Å²) in [4.78, 5) is 7.72. The van der Waals surface area contributed by atoms with Crippen LogP contribution in [0.25, 0.3) is 10.6 Å². The molecule has 164 valence electrons. The molecule has 4 rings (SSSR count). The molecule has 0 radical (unpaired) electrons. The van der Waals surface area contributed by atoms with Gasteiger partial charge in [0.1, 0.15) is 5.01 Å². The number of aliphatic hydroxyl groups excluding tert-OH is 1. The van der Waals surface area contributed by atoms with Crippen LogP contribution < -0.4 is 0 Å². The van der Waals surface area contributed by atoms with Gasteiger partial charge in [0.15, 0.2) is 9.84 Å². The fourth-order valence-corrected chi connectivity index (χ4v) is 6.53. The number of aromatic nitrogens is 1. The number of piperidine rings is 1. The minimum Gasteiger partial charge on any atom is -0.393 e. The van der Waals surface area contributed by atoms with Crippen LogP contribution in [0.2, 0.25) is 0 Å². The maximum atomic E-state index is 11.7. The standard InChI is InChI=1S/C23H32N2O3S2/c1-16-6-11-22(26)20(13-16)21-5-3-4-12-25(21)14-18-15-29-23(24-18)17-7-9-19(10-8-17)30(2,27)28/h7-10,15-16,20-22,26H,3-6,11-14H2,1-2H3/t16-,20+,21+,22+/m1/s1. The molecule has 1 N–H and O–H groups in total. The van der Waals surface area contributed by atoms with Crippen LogP contribution in [-0.2, 0) is 16.4 Å². The second-order valence-corrected chi connectivity index (χ2v) is 12.0. The topological polar surface area (TPSA) is 70.5 Å². The van der Waals surface area contributed by atoms with E-state index in [2.05, 4.69) is 17.2 Å². The smallest absolute Gasteiger partial charge is 0.175 e. The largest absolute Gasteiger partial charge is 0.393 e. The normalized spacial score (nSPS) is 28.5. The number of hydrogen-bond donors (Lipinski definition) is 1. The summed E-state index contributed by atoms with van der Waals surface area (Å²) < 4.78 is 23.3. The minimum absolute atomic E-state index is 0.175. The number of hydrogen-bond acceptors (Lipinski definition) is 6. The summed E-state index contributed by atoms with van der Waals surface area (Å²) in [6, 6.07) is 7.41. The molecule has 0 amide bonds. The van der Waals surface area contributed by atoms with E-state index in [0.717, 1.165) is 48.6 Å². The third-order valence-electron chi connectivity index (χ3n) is 6.73. The lowest BCUT2D eigenvalue weighted by Gasteiger charge is -2.44. The highest BCUT2D eigenvalue weighted by Gasteiger charge is 2.37. The molecule has 1 aromatic heterocycles. The van der Waals surface area contributed by atoms with Gasteiger partial charge in [-0.3, -0.25) is 4.90 Å². The van der Waals surface area contributed by atoms with Gasteiger partial charge in [0.05, 0.1) is 16.7 Å². The third-order valence-corrected chi connectivity index (χ3v) is 8.80. The number of aliphatic hydroxyl groups is 1. The quantitative estimate of drug-likeness (QED) is 0.736. The van der Waals surface area contributed by atoms with Crippen molar-refractivity contribution < 1.29 is 13.5 Å². The van der Waals surface area contributed by atoms with E-state index in [4.69, 9.17) is 4.98 Å². The molecule has 0 bridgehead atoms. The number of nitrogens with zero attached hydrogens (tertiary/aromatic N) is 2. The Bertz CT molecular complexity index is 955. The Labute approximate surface area is 184 Å². The highest BCUT2D eigenvalue weighted by Crippen LogP contribution is 2.37. The van der Waals surface area contributed by atoms with Gasteiger partial charge in [0, 0.05) is 35.7 Å². The average molecular weight is 449 g/mol. The van der Waals surface area contributed by atoms with Crippen molar-refractivity contribution in [3.05, 3.63) is 35.3 Å². The molecule has 1 aromatic carbocycles. The van der Waals surface area contributed by atoms with Crippen molar-refractivity contribution in [1.82, 2.24) is 9.88 Å². The zero-order valence-electron chi connectivity index (χ0n) is 17.8. The molecular weight excluding hydrogens is 416 g/mol. The SMILES string of the molecule is C[C@@H]1CC[C@H](O)[C@H]([C@@H]2CCCCN2Cc2csc(-c3ccc(S(C)(=O)=O)cc3)n2)C1. The second kappa shape index (κ2) is 9.07. The zero-order chi connectivity index (χ0) is 21.3. The second-order valence-electron chi connectivity index (χ2n) is 9.12. The molecule has 4 atom stereocenters. The summed E-state index contributed by atoms with van der Waals surface area (Å²) in [5, 5.41) is 13.7. The Hall–Kier alpha value is -1.28. The number of benzene rings is 1. The van der Waals surface area contributed by atoms with E-state index in [1.54, 1.807) is 23.5 Å². The lowest BCUT2D eigenvalue weighted by atomic mass is 9.74. The first-order valence-electron chi connectivity index (χ1n) is 11.0. The number of likely N-dealkylation sites (tertiary alicyclic amines) is 1. The van der Waals surface area contributed by atoms with E-state index in [0.29, 0.717) is 22.8 Å². The molecule has 1 aliphatic carbocycles. The molecule has 1 saturated heterocycles. The van der Waals surface area contributed by atoms with Crippen LogP contribution in [0.4, 0.5) is 0 Å². The Morgan fingerprint density at radius 3 is 2.67 bits per heavy atom. The van der Waals surface area contributed by atoms with Crippen molar-refractivity contribution in [3.8, 4) is 10.6 Å². The van der Waals surface area contributed by atoms with Gasteiger partial charge in [-0.15, -0.1) is 11.3 Å². The monoisotopic (exact) mass is 448 g/mol. The minimum atomic E-state index is -3.19. The summed E-state index contributed by atoms with van der Waals surface area (Å²) in [6.45, 7) is 4.20. The summed E-state index contributed by atoms with van der Waals surface area (Å²) in [6.07, 6.45) is 7.86. The van der Waals surface area contributed by atoms with Crippen molar-refractivity contribution in [2.75, 3.05) is 12.8 Å². The maximum absolute atomic E-state index is 11.7. The fourth-order valence-electron chi connectivity index (χ4n) is 5.09. The first kappa shape index (κ1) is 21.9. The van der Waals surface area contributed by atoms with E-state index < -0.39 is 9.84 Å². The van der Waals surface area contributed by atoms with Crippen molar-refractivity contribution in [2.24, 2.45) is 11.8 Å². The van der Waals surface area contributed by atoms with Gasteiger partial charge < -0.3 is 5.11 Å². The van der Waals surface area contributed by atoms with Crippen molar-refractivity contribution in [3.63, 3.8) is 0 Å². The van der Waals surface area contributed by atoms with Crippen LogP contribution >= 0.6 is 11.3 Å². The molecule has 2 aliphatic rings. The fraction of sp³-hybridized carbons (Fsp3) is 0.609. The zero-order valence-corrected chi connectivity index (χ0v) is 19.5. The molecule has 1 aliphatic heterocycles. The van der Waals surface area contributed by atoms with E-state index >= 15 is 0 Å². The molecular formula is C23H32N2O3S2. The van der Waals surface area contributed by atoms with Gasteiger partial charge in [0.2, 0.25) is 0 Å². The Morgan fingerprint density at radius 2 is 1.93 bits per heavy atom. The van der Waals surface area contributed by atoms with Gasteiger partial charge in [0.25, 0.3) is 0 Å². The van der Waals surface area contributed by atoms with Gasteiger partial charge in [-0.25, -0.2) is 13.4 Å². The van der Waals surface area contributed by atoms with Crippen LogP contribution in [0, 0.1) is 11.8 Å². The van der Waals surface area contributed by atoms with Crippen molar-refractivity contribution in [2.45, 2.75) is 69.0 Å². The van der Waals surface area contributed by atoms with Gasteiger partial charge in [-0.1, -0.05) is 25.5 Å². The molecule has 0 unspecified atom stereocenters. The van der Waals surface area contributed by atoms with Crippen LogP contribution in [0.1, 0.15) is 51.1 Å². The Balaban J connectivity index is 1.48. The van der Waals surface area contributed by atoms with Crippen LogP contribution in [0.3, 0.4) is 0 Å². The number of rotatable bonds is 5. The summed E-state index contributed by atoms with van der Waals surface area (Å²) >= 11 is 1.61. The van der Waals surface area contributed by atoms with Crippen LogP contribution in [0.15, 0.2) is 34.5 Å². The molecule has 5 nitrogen and oxygen atoms in total. The highest BCUT2D eigenvalue weighted by atomic mass is 32.2. The van der Waals surface area contributed by atoms with Crippen molar-refractivity contribution in [1.29, 1.82) is 0 Å². The maximum Gasteiger partial charge on any atom is 0.175 e. The molecule has 2 heterocycles. The first-order chi connectivity index (χ1) is 14.3. The van der Waals surface area contributed by atoms with E-state index in [1.165, 1.54) is 25.5 Å². The molecule has 30 heavy (non-hydrogen) atoms. The summed E-state index contributed by atoms with van der Waals surface area (Å²) in [5.41, 5.74) is 2.01. The molecule has 1 saturated carbocycles. The van der Waals surface area contributed by atoms with E-state index in [-0.39, 0.29) is 6.10 Å². The number of thiazole rings is 1. The predicted molar refractivity (Wildman–Crippen MR) is 121 cm³/mol. The summed E-state index contributed by atoms with van der Waals surface area (Å²) in [7, 11) is -3.19. The summed E-state index contributed by atoms with van der Waals surface area (Å²) in [5.74, 6) is 1.07. The molecule has 2 aromatic rings. The first-order valence-corrected chi connectivity index (χ1v) is 13.8. The van der Waals surface area contributed by atoms with Crippen molar-refractivity contribution >= 4 is 21.2 Å². The van der Waals surface area contributed by atoms with E-state index in [9.17, 15) is 13.5 Å². The number of sulfone groups is 1.